The second-order valence-electron chi connectivity index (χ2n) is 5.03. The van der Waals surface area contributed by atoms with Crippen molar-refractivity contribution in [3.05, 3.63) is 34.1 Å². The van der Waals surface area contributed by atoms with Crippen LogP contribution in [-0.2, 0) is 10.0 Å². The van der Waals surface area contributed by atoms with Crippen LogP contribution in [0.3, 0.4) is 0 Å². The van der Waals surface area contributed by atoms with Crippen LogP contribution in [0.1, 0.15) is 12.8 Å². The normalized spacial score (nSPS) is 20.2. The maximum absolute atomic E-state index is 13.8. The summed E-state index contributed by atoms with van der Waals surface area (Å²) in [5.41, 5.74) is -0.180. The number of piperidine rings is 1. The number of hydrogen-bond donors (Lipinski definition) is 1. The lowest BCUT2D eigenvalue weighted by Gasteiger charge is -2.32. The lowest BCUT2D eigenvalue weighted by Crippen LogP contribution is -2.44. The maximum atomic E-state index is 13.8. The number of benzene rings is 1. The van der Waals surface area contributed by atoms with Crippen LogP contribution in [0.15, 0.2) is 18.2 Å². The first-order chi connectivity index (χ1) is 9.77. The fourth-order valence-electron chi connectivity index (χ4n) is 2.32. The van der Waals surface area contributed by atoms with Crippen LogP contribution in [0.4, 0.5) is 15.8 Å². The molecule has 1 saturated heterocycles. The van der Waals surface area contributed by atoms with Gasteiger partial charge in [0, 0.05) is 25.2 Å². The smallest absolute Gasteiger partial charge is 0.272 e. The molecule has 1 aliphatic heterocycles. The van der Waals surface area contributed by atoms with E-state index in [4.69, 9.17) is 0 Å². The predicted molar refractivity (Wildman–Crippen MR) is 76.1 cm³/mol. The molecule has 21 heavy (non-hydrogen) atoms. The van der Waals surface area contributed by atoms with E-state index in [1.807, 2.05) is 0 Å². The first kappa shape index (κ1) is 15.6. The van der Waals surface area contributed by atoms with Crippen molar-refractivity contribution in [2.45, 2.75) is 18.9 Å². The molecule has 7 nitrogen and oxygen atoms in total. The van der Waals surface area contributed by atoms with Gasteiger partial charge >= 0.3 is 0 Å². The van der Waals surface area contributed by atoms with E-state index in [1.165, 1.54) is 16.4 Å². The van der Waals surface area contributed by atoms with Crippen molar-refractivity contribution in [1.82, 2.24) is 4.31 Å². The monoisotopic (exact) mass is 317 g/mol. The number of halogens is 1. The number of nitro benzene ring substituents is 1. The van der Waals surface area contributed by atoms with Gasteiger partial charge in [-0.05, 0) is 18.9 Å². The van der Waals surface area contributed by atoms with Crippen molar-refractivity contribution >= 4 is 21.4 Å². The third-order valence-electron chi connectivity index (χ3n) is 3.38. The SMILES string of the molecule is CS(=O)(=O)N1CCC[C@H](Nc2ccc([N+](=O)[O-])cc2F)C1. The molecule has 0 aromatic heterocycles. The van der Waals surface area contributed by atoms with Crippen molar-refractivity contribution in [1.29, 1.82) is 0 Å². The molecule has 116 valence electrons. The Balaban J connectivity index is 2.09. The molecule has 1 aromatic rings. The summed E-state index contributed by atoms with van der Waals surface area (Å²) in [6, 6.07) is 3.14. The number of sulfonamides is 1. The highest BCUT2D eigenvalue weighted by Crippen LogP contribution is 2.23. The van der Waals surface area contributed by atoms with Gasteiger partial charge in [0.05, 0.1) is 22.9 Å². The molecule has 0 unspecified atom stereocenters. The number of nitrogens with one attached hydrogen (secondary N) is 1. The van der Waals surface area contributed by atoms with Crippen molar-refractivity contribution < 1.29 is 17.7 Å². The van der Waals surface area contributed by atoms with Gasteiger partial charge in [0.25, 0.3) is 5.69 Å². The van der Waals surface area contributed by atoms with Gasteiger partial charge in [-0.15, -0.1) is 0 Å². The summed E-state index contributed by atoms with van der Waals surface area (Å²) < 4.78 is 38.2. The molecule has 1 heterocycles. The van der Waals surface area contributed by atoms with Crippen LogP contribution in [0.25, 0.3) is 0 Å². The molecule has 2 rings (SSSR count). The van der Waals surface area contributed by atoms with Crippen molar-refractivity contribution in [3.63, 3.8) is 0 Å². The Labute approximate surface area is 122 Å². The minimum atomic E-state index is -3.27. The standard InChI is InChI=1S/C12H16FN3O4S/c1-21(19,20)15-6-2-3-9(8-15)14-12-5-4-10(16(17)18)7-11(12)13/h4-5,7,9,14H,2-3,6,8H2,1H3/t9-/m0/s1. The number of anilines is 1. The molecular weight excluding hydrogens is 301 g/mol. The highest BCUT2D eigenvalue weighted by atomic mass is 32.2. The molecular formula is C12H16FN3O4S. The van der Waals surface area contributed by atoms with E-state index in [-0.39, 0.29) is 24.0 Å². The molecule has 0 amide bonds. The van der Waals surface area contributed by atoms with Gasteiger partial charge in [0.1, 0.15) is 0 Å². The van der Waals surface area contributed by atoms with Crippen LogP contribution in [-0.4, -0.2) is 43.0 Å². The number of rotatable bonds is 4. The molecule has 1 atom stereocenters. The fraction of sp³-hybridized carbons (Fsp3) is 0.500. The lowest BCUT2D eigenvalue weighted by atomic mass is 10.1. The average Bonchev–Trinajstić information content (AvgIpc) is 2.40. The van der Waals surface area contributed by atoms with Gasteiger partial charge in [-0.25, -0.2) is 17.1 Å². The second-order valence-corrected chi connectivity index (χ2v) is 7.01. The molecule has 0 bridgehead atoms. The van der Waals surface area contributed by atoms with E-state index in [1.54, 1.807) is 0 Å². The first-order valence-corrected chi connectivity index (χ1v) is 8.28. The Bertz CT molecular complexity index is 650. The number of hydrogen-bond acceptors (Lipinski definition) is 5. The summed E-state index contributed by atoms with van der Waals surface area (Å²) in [6.45, 7) is 0.717. The van der Waals surface area contributed by atoms with Crippen LogP contribution in [0.5, 0.6) is 0 Å². The second kappa shape index (κ2) is 5.94. The Hall–Kier alpha value is -1.74. The molecule has 1 aliphatic rings. The summed E-state index contributed by atoms with van der Waals surface area (Å²) in [4.78, 5) is 9.89. The number of nitrogens with zero attached hydrogens (tertiary/aromatic N) is 2. The quantitative estimate of drug-likeness (QED) is 0.672. The third kappa shape index (κ3) is 3.88. The summed E-state index contributed by atoms with van der Waals surface area (Å²) in [5.74, 6) is -0.722. The molecule has 1 aromatic carbocycles. The van der Waals surface area contributed by atoms with Crippen LogP contribution >= 0.6 is 0 Å². The van der Waals surface area contributed by atoms with Crippen molar-refractivity contribution in [3.8, 4) is 0 Å². The van der Waals surface area contributed by atoms with E-state index < -0.39 is 20.8 Å². The van der Waals surface area contributed by atoms with Gasteiger partial charge in [-0.1, -0.05) is 0 Å². The molecule has 1 N–H and O–H groups in total. The van der Waals surface area contributed by atoms with E-state index in [0.29, 0.717) is 19.4 Å². The summed E-state index contributed by atoms with van der Waals surface area (Å²) in [6.07, 6.45) is 2.53. The van der Waals surface area contributed by atoms with Crippen LogP contribution in [0.2, 0.25) is 0 Å². The minimum absolute atomic E-state index is 0.140. The van der Waals surface area contributed by atoms with Gasteiger partial charge < -0.3 is 5.32 Å². The fourth-order valence-corrected chi connectivity index (χ4v) is 3.23. The van der Waals surface area contributed by atoms with E-state index >= 15 is 0 Å². The largest absolute Gasteiger partial charge is 0.379 e. The van der Waals surface area contributed by atoms with Gasteiger partial charge in [-0.3, -0.25) is 10.1 Å². The highest BCUT2D eigenvalue weighted by Gasteiger charge is 2.26. The average molecular weight is 317 g/mol. The number of nitro groups is 1. The summed E-state index contributed by atoms with van der Waals surface area (Å²) >= 11 is 0. The lowest BCUT2D eigenvalue weighted by molar-refractivity contribution is -0.385. The van der Waals surface area contributed by atoms with E-state index in [0.717, 1.165) is 12.3 Å². The molecule has 0 aliphatic carbocycles. The minimum Gasteiger partial charge on any atom is -0.379 e. The highest BCUT2D eigenvalue weighted by molar-refractivity contribution is 7.88. The Kier molecular flexibility index (Phi) is 4.43. The van der Waals surface area contributed by atoms with Crippen LogP contribution in [0, 0.1) is 15.9 Å². The predicted octanol–water partition coefficient (Wildman–Crippen LogP) is 1.57. The molecule has 1 fully saturated rings. The Morgan fingerprint density at radius 3 is 2.76 bits per heavy atom. The first-order valence-electron chi connectivity index (χ1n) is 6.43. The molecule has 9 heteroatoms. The van der Waals surface area contributed by atoms with Gasteiger partial charge in [-0.2, -0.15) is 0 Å². The zero-order valence-corrected chi connectivity index (χ0v) is 12.3. The molecule has 0 spiro atoms. The van der Waals surface area contributed by atoms with Crippen LogP contribution < -0.4 is 5.32 Å². The van der Waals surface area contributed by atoms with E-state index in [9.17, 15) is 22.9 Å². The third-order valence-corrected chi connectivity index (χ3v) is 4.65. The maximum Gasteiger partial charge on any atom is 0.272 e. The molecule has 0 saturated carbocycles. The van der Waals surface area contributed by atoms with Gasteiger partial charge in [0.2, 0.25) is 10.0 Å². The topological polar surface area (TPSA) is 92.6 Å². The Morgan fingerprint density at radius 1 is 1.48 bits per heavy atom. The summed E-state index contributed by atoms with van der Waals surface area (Å²) in [7, 11) is -3.27. The molecule has 0 radical (unpaired) electrons. The van der Waals surface area contributed by atoms with Crippen molar-refractivity contribution in [2.24, 2.45) is 0 Å². The van der Waals surface area contributed by atoms with Crippen molar-refractivity contribution in [2.75, 3.05) is 24.7 Å². The number of non-ortho nitro benzene ring substituents is 1. The van der Waals surface area contributed by atoms with E-state index in [2.05, 4.69) is 5.32 Å². The zero-order valence-electron chi connectivity index (χ0n) is 11.5. The zero-order chi connectivity index (χ0) is 15.6. The summed E-state index contributed by atoms with van der Waals surface area (Å²) in [5, 5.41) is 13.5. The Morgan fingerprint density at radius 2 is 2.19 bits per heavy atom. The van der Waals surface area contributed by atoms with Gasteiger partial charge in [0.15, 0.2) is 5.82 Å².